The summed E-state index contributed by atoms with van der Waals surface area (Å²) in [6, 6.07) is 11.8. The Labute approximate surface area is 113 Å². The molecule has 0 fully saturated rings. The first kappa shape index (κ1) is 13.4. The molecule has 0 radical (unpaired) electrons. The Bertz CT molecular complexity index is 590. The Morgan fingerprint density at radius 3 is 2.74 bits per heavy atom. The van der Waals surface area contributed by atoms with Crippen LogP contribution in [-0.4, -0.2) is 19.7 Å². The first-order valence-corrected chi connectivity index (χ1v) is 6.40. The second-order valence-electron chi connectivity index (χ2n) is 4.41. The van der Waals surface area contributed by atoms with Crippen molar-refractivity contribution in [3.05, 3.63) is 42.0 Å². The van der Waals surface area contributed by atoms with E-state index in [1.165, 1.54) is 0 Å². The lowest BCUT2D eigenvalue weighted by Crippen LogP contribution is -2.12. The summed E-state index contributed by atoms with van der Waals surface area (Å²) in [5.41, 5.74) is 0.958. The van der Waals surface area contributed by atoms with Gasteiger partial charge in [-0.3, -0.25) is 4.79 Å². The molecule has 0 aliphatic rings. The number of ether oxygens (including phenoxy) is 2. The van der Waals surface area contributed by atoms with Crippen LogP contribution < -0.4 is 4.74 Å². The summed E-state index contributed by atoms with van der Waals surface area (Å²) >= 11 is 0. The molecule has 0 saturated carbocycles. The molecule has 0 spiro atoms. The summed E-state index contributed by atoms with van der Waals surface area (Å²) in [6.07, 6.45) is 0. The van der Waals surface area contributed by atoms with Crippen molar-refractivity contribution in [2.45, 2.75) is 19.8 Å². The first-order chi connectivity index (χ1) is 9.17. The van der Waals surface area contributed by atoms with E-state index >= 15 is 0 Å². The van der Waals surface area contributed by atoms with Gasteiger partial charge < -0.3 is 9.47 Å². The van der Waals surface area contributed by atoms with Gasteiger partial charge in [-0.15, -0.1) is 0 Å². The monoisotopic (exact) mass is 258 g/mol. The predicted molar refractivity (Wildman–Crippen MR) is 75.5 cm³/mol. The van der Waals surface area contributed by atoms with E-state index in [0.29, 0.717) is 6.61 Å². The zero-order valence-electron chi connectivity index (χ0n) is 11.5. The van der Waals surface area contributed by atoms with Gasteiger partial charge in [-0.05, 0) is 30.9 Å². The van der Waals surface area contributed by atoms with Crippen LogP contribution in [0.4, 0.5) is 0 Å². The zero-order chi connectivity index (χ0) is 13.8. The smallest absolute Gasteiger partial charge is 0.313 e. The second-order valence-corrected chi connectivity index (χ2v) is 4.41. The van der Waals surface area contributed by atoms with E-state index in [9.17, 15) is 4.79 Å². The quantitative estimate of drug-likeness (QED) is 0.787. The van der Waals surface area contributed by atoms with Gasteiger partial charge >= 0.3 is 5.97 Å². The summed E-state index contributed by atoms with van der Waals surface area (Å²) in [4.78, 5) is 11.8. The third kappa shape index (κ3) is 2.70. The molecule has 0 aromatic heterocycles. The van der Waals surface area contributed by atoms with Crippen LogP contribution in [0, 0.1) is 0 Å². The highest BCUT2D eigenvalue weighted by molar-refractivity contribution is 5.90. The normalized spacial score (nSPS) is 12.2. The number of methoxy groups -OCH3 is 1. The van der Waals surface area contributed by atoms with Crippen LogP contribution in [-0.2, 0) is 9.53 Å². The predicted octanol–water partition coefficient (Wildman–Crippen LogP) is 3.52. The summed E-state index contributed by atoms with van der Waals surface area (Å²) in [6.45, 7) is 4.08. The molecule has 3 nitrogen and oxygen atoms in total. The van der Waals surface area contributed by atoms with Crippen molar-refractivity contribution < 1.29 is 14.3 Å². The van der Waals surface area contributed by atoms with Gasteiger partial charge in [-0.2, -0.15) is 0 Å². The van der Waals surface area contributed by atoms with Gasteiger partial charge in [-0.1, -0.05) is 30.3 Å². The molecule has 0 heterocycles. The maximum atomic E-state index is 11.8. The number of hydrogen-bond acceptors (Lipinski definition) is 3. The second kappa shape index (κ2) is 5.74. The highest BCUT2D eigenvalue weighted by Crippen LogP contribution is 2.28. The number of benzene rings is 2. The van der Waals surface area contributed by atoms with E-state index < -0.39 is 0 Å². The Morgan fingerprint density at radius 1 is 1.26 bits per heavy atom. The summed E-state index contributed by atoms with van der Waals surface area (Å²) in [7, 11) is 1.66. The van der Waals surface area contributed by atoms with Gasteiger partial charge in [0.2, 0.25) is 0 Å². The van der Waals surface area contributed by atoms with Crippen molar-refractivity contribution in [1.82, 2.24) is 0 Å². The number of carbonyl (C=O) groups is 1. The van der Waals surface area contributed by atoms with Crippen LogP contribution in [0.5, 0.6) is 5.75 Å². The topological polar surface area (TPSA) is 35.5 Å². The van der Waals surface area contributed by atoms with Gasteiger partial charge in [0, 0.05) is 5.39 Å². The average molecular weight is 258 g/mol. The van der Waals surface area contributed by atoms with Gasteiger partial charge in [0.15, 0.2) is 0 Å². The summed E-state index contributed by atoms with van der Waals surface area (Å²) in [5.74, 6) is 0.396. The van der Waals surface area contributed by atoms with Crippen molar-refractivity contribution in [3.8, 4) is 5.75 Å². The summed E-state index contributed by atoms with van der Waals surface area (Å²) in [5, 5.41) is 2.11. The molecule has 2 rings (SSSR count). The number of fused-ring (bicyclic) bond motifs is 1. The molecule has 0 aliphatic heterocycles. The average Bonchev–Trinajstić information content (AvgIpc) is 2.45. The molecular formula is C16H18O3. The molecule has 0 bridgehead atoms. The van der Waals surface area contributed by atoms with Crippen LogP contribution >= 0.6 is 0 Å². The van der Waals surface area contributed by atoms with E-state index in [1.54, 1.807) is 7.11 Å². The van der Waals surface area contributed by atoms with E-state index in [2.05, 4.69) is 0 Å². The fraction of sp³-hybridized carbons (Fsp3) is 0.312. The Balaban J connectivity index is 2.39. The molecule has 2 aromatic carbocycles. The molecule has 0 aliphatic carbocycles. The van der Waals surface area contributed by atoms with Crippen molar-refractivity contribution in [2.24, 2.45) is 0 Å². The van der Waals surface area contributed by atoms with Crippen LogP contribution in [0.1, 0.15) is 25.3 Å². The van der Waals surface area contributed by atoms with Crippen molar-refractivity contribution in [1.29, 1.82) is 0 Å². The highest BCUT2D eigenvalue weighted by Gasteiger charge is 2.16. The fourth-order valence-electron chi connectivity index (χ4n) is 2.12. The van der Waals surface area contributed by atoms with Crippen molar-refractivity contribution >= 4 is 16.7 Å². The minimum atomic E-state index is -0.254. The molecular weight excluding hydrogens is 240 g/mol. The maximum absolute atomic E-state index is 11.8. The zero-order valence-corrected chi connectivity index (χ0v) is 11.5. The first-order valence-electron chi connectivity index (χ1n) is 6.40. The third-order valence-electron chi connectivity index (χ3n) is 3.22. The molecule has 2 aromatic rings. The molecule has 0 N–H and O–H groups in total. The fourth-order valence-corrected chi connectivity index (χ4v) is 2.12. The Hall–Kier alpha value is -2.03. The molecule has 1 atom stereocenters. The Kier molecular flexibility index (Phi) is 4.05. The van der Waals surface area contributed by atoms with Crippen LogP contribution in [0.15, 0.2) is 36.4 Å². The maximum Gasteiger partial charge on any atom is 0.313 e. The van der Waals surface area contributed by atoms with Crippen LogP contribution in [0.25, 0.3) is 10.8 Å². The minimum Gasteiger partial charge on any atom is -0.496 e. The van der Waals surface area contributed by atoms with Gasteiger partial charge in [0.25, 0.3) is 0 Å². The van der Waals surface area contributed by atoms with Crippen molar-refractivity contribution in [2.75, 3.05) is 13.7 Å². The Morgan fingerprint density at radius 2 is 2.05 bits per heavy atom. The lowest BCUT2D eigenvalue weighted by Gasteiger charge is -2.12. The lowest BCUT2D eigenvalue weighted by molar-refractivity contribution is -0.144. The largest absolute Gasteiger partial charge is 0.496 e. The van der Waals surface area contributed by atoms with Gasteiger partial charge in [0.05, 0.1) is 19.6 Å². The number of rotatable bonds is 4. The number of esters is 1. The van der Waals surface area contributed by atoms with E-state index in [4.69, 9.17) is 9.47 Å². The number of carbonyl (C=O) groups excluding carboxylic acids is 1. The van der Waals surface area contributed by atoms with Crippen molar-refractivity contribution in [3.63, 3.8) is 0 Å². The SMILES string of the molecule is CCOC(=O)C(C)c1ccc2c(OC)cccc2c1. The third-order valence-corrected chi connectivity index (χ3v) is 3.22. The van der Waals surface area contributed by atoms with Gasteiger partial charge in [-0.25, -0.2) is 0 Å². The van der Waals surface area contributed by atoms with E-state index in [0.717, 1.165) is 22.1 Å². The van der Waals surface area contributed by atoms with Crippen LogP contribution in [0.2, 0.25) is 0 Å². The summed E-state index contributed by atoms with van der Waals surface area (Å²) < 4.78 is 10.4. The standard InChI is InChI=1S/C16H18O3/c1-4-19-16(17)11(2)12-8-9-14-13(10-12)6-5-7-15(14)18-3/h5-11H,4H2,1-3H3. The van der Waals surface area contributed by atoms with Gasteiger partial charge in [0.1, 0.15) is 5.75 Å². The van der Waals surface area contributed by atoms with Crippen LogP contribution in [0.3, 0.4) is 0 Å². The van der Waals surface area contributed by atoms with E-state index in [1.807, 2.05) is 50.2 Å². The van der Waals surface area contributed by atoms with E-state index in [-0.39, 0.29) is 11.9 Å². The molecule has 100 valence electrons. The number of hydrogen-bond donors (Lipinski definition) is 0. The molecule has 1 unspecified atom stereocenters. The lowest BCUT2D eigenvalue weighted by atomic mass is 9.97. The molecule has 0 saturated heterocycles. The highest BCUT2D eigenvalue weighted by atomic mass is 16.5. The minimum absolute atomic E-state index is 0.190. The molecule has 3 heteroatoms. The molecule has 0 amide bonds. The molecule has 19 heavy (non-hydrogen) atoms.